The minimum atomic E-state index is -0.920. The maximum atomic E-state index is 11.7. The first kappa shape index (κ1) is 10.6. The van der Waals surface area contributed by atoms with Gasteiger partial charge in [0.25, 0.3) is 0 Å². The standard InChI is InChI=1S/C13H14O4/c14-9-3-1-8(2-4-9)13(12(15)16)7-10-5-6-11(13)17-10/h1-4,10-11,14H,5-7H2,(H,15,16). The van der Waals surface area contributed by atoms with Crippen LogP contribution in [-0.2, 0) is 14.9 Å². The minimum absolute atomic E-state index is 0.0740. The fourth-order valence-corrected chi connectivity index (χ4v) is 3.12. The zero-order valence-electron chi connectivity index (χ0n) is 9.30. The van der Waals surface area contributed by atoms with Crippen LogP contribution in [0.25, 0.3) is 0 Å². The Kier molecular flexibility index (Phi) is 2.16. The van der Waals surface area contributed by atoms with Crippen molar-refractivity contribution in [1.82, 2.24) is 0 Å². The van der Waals surface area contributed by atoms with Gasteiger partial charge < -0.3 is 14.9 Å². The van der Waals surface area contributed by atoms with Crippen LogP contribution in [0.3, 0.4) is 0 Å². The van der Waals surface area contributed by atoms with E-state index in [0.717, 1.165) is 18.4 Å². The Morgan fingerprint density at radius 2 is 2.00 bits per heavy atom. The van der Waals surface area contributed by atoms with Crippen LogP contribution in [0, 0.1) is 0 Å². The van der Waals surface area contributed by atoms with E-state index in [1.807, 2.05) is 0 Å². The molecule has 90 valence electrons. The van der Waals surface area contributed by atoms with Crippen molar-refractivity contribution in [3.63, 3.8) is 0 Å². The molecule has 2 bridgehead atoms. The van der Waals surface area contributed by atoms with Gasteiger partial charge in [-0.2, -0.15) is 0 Å². The number of aliphatic carboxylic acids is 1. The molecule has 1 aromatic carbocycles. The predicted molar refractivity (Wildman–Crippen MR) is 59.9 cm³/mol. The largest absolute Gasteiger partial charge is 0.508 e. The van der Waals surface area contributed by atoms with Crippen LogP contribution in [0.5, 0.6) is 5.75 Å². The summed E-state index contributed by atoms with van der Waals surface area (Å²) in [7, 11) is 0. The molecule has 2 heterocycles. The molecule has 0 spiro atoms. The van der Waals surface area contributed by atoms with Gasteiger partial charge >= 0.3 is 5.97 Å². The number of hydrogen-bond donors (Lipinski definition) is 2. The van der Waals surface area contributed by atoms with Crippen molar-refractivity contribution >= 4 is 5.97 Å². The Hall–Kier alpha value is -1.55. The summed E-state index contributed by atoms with van der Waals surface area (Å²) < 4.78 is 5.69. The fourth-order valence-electron chi connectivity index (χ4n) is 3.12. The van der Waals surface area contributed by atoms with E-state index in [-0.39, 0.29) is 18.0 Å². The first-order valence-electron chi connectivity index (χ1n) is 5.81. The van der Waals surface area contributed by atoms with E-state index >= 15 is 0 Å². The van der Waals surface area contributed by atoms with Crippen LogP contribution >= 0.6 is 0 Å². The molecule has 1 aromatic rings. The number of carboxylic acid groups (broad SMARTS) is 1. The van der Waals surface area contributed by atoms with Gasteiger partial charge in [0.2, 0.25) is 0 Å². The van der Waals surface area contributed by atoms with Crippen LogP contribution in [0.4, 0.5) is 0 Å². The van der Waals surface area contributed by atoms with Crippen molar-refractivity contribution < 1.29 is 19.7 Å². The predicted octanol–water partition coefficient (Wildman–Crippen LogP) is 1.67. The number of ether oxygens (including phenoxy) is 1. The summed E-state index contributed by atoms with van der Waals surface area (Å²) in [5, 5.41) is 18.8. The Morgan fingerprint density at radius 3 is 2.47 bits per heavy atom. The van der Waals surface area contributed by atoms with E-state index in [0.29, 0.717) is 6.42 Å². The molecule has 0 saturated carbocycles. The maximum absolute atomic E-state index is 11.7. The zero-order chi connectivity index (χ0) is 12.0. The average Bonchev–Trinajstić information content (AvgIpc) is 2.90. The van der Waals surface area contributed by atoms with Crippen LogP contribution < -0.4 is 0 Å². The average molecular weight is 234 g/mol. The number of aromatic hydroxyl groups is 1. The molecule has 0 aliphatic carbocycles. The maximum Gasteiger partial charge on any atom is 0.316 e. The molecule has 3 atom stereocenters. The number of rotatable bonds is 2. The summed E-state index contributed by atoms with van der Waals surface area (Å²) in [6, 6.07) is 6.44. The molecule has 0 radical (unpaired) electrons. The van der Waals surface area contributed by atoms with Gasteiger partial charge in [0.1, 0.15) is 11.2 Å². The van der Waals surface area contributed by atoms with Crippen molar-refractivity contribution in [2.75, 3.05) is 0 Å². The number of phenolic OH excluding ortho intramolecular Hbond substituents is 1. The monoisotopic (exact) mass is 234 g/mol. The van der Waals surface area contributed by atoms with Gasteiger partial charge in [0.15, 0.2) is 0 Å². The van der Waals surface area contributed by atoms with Crippen LogP contribution in [0.1, 0.15) is 24.8 Å². The molecule has 2 fully saturated rings. The van der Waals surface area contributed by atoms with Crippen molar-refractivity contribution in [2.45, 2.75) is 36.9 Å². The van der Waals surface area contributed by atoms with E-state index in [1.165, 1.54) is 12.1 Å². The van der Waals surface area contributed by atoms with E-state index in [1.54, 1.807) is 12.1 Å². The van der Waals surface area contributed by atoms with E-state index < -0.39 is 11.4 Å². The van der Waals surface area contributed by atoms with Gasteiger partial charge in [-0.15, -0.1) is 0 Å². The molecule has 2 aliphatic rings. The lowest BCUT2D eigenvalue weighted by atomic mass is 9.69. The third-order valence-corrected chi connectivity index (χ3v) is 3.97. The number of carbonyl (C=O) groups is 1. The zero-order valence-corrected chi connectivity index (χ0v) is 9.30. The summed E-state index contributed by atoms with van der Waals surface area (Å²) in [6.45, 7) is 0. The smallest absolute Gasteiger partial charge is 0.316 e. The molecule has 4 heteroatoms. The van der Waals surface area contributed by atoms with Crippen LogP contribution in [0.2, 0.25) is 0 Å². The second-order valence-corrected chi connectivity index (χ2v) is 4.85. The first-order valence-corrected chi connectivity index (χ1v) is 5.81. The summed E-state index contributed by atoms with van der Waals surface area (Å²) >= 11 is 0. The second-order valence-electron chi connectivity index (χ2n) is 4.85. The summed E-state index contributed by atoms with van der Waals surface area (Å²) in [4.78, 5) is 11.7. The molecule has 4 nitrogen and oxygen atoms in total. The van der Waals surface area contributed by atoms with Crippen molar-refractivity contribution in [3.8, 4) is 5.75 Å². The number of phenols is 1. The number of carboxylic acids is 1. The molecular formula is C13H14O4. The highest BCUT2D eigenvalue weighted by molar-refractivity contribution is 5.83. The molecule has 17 heavy (non-hydrogen) atoms. The van der Waals surface area contributed by atoms with Crippen LogP contribution in [0.15, 0.2) is 24.3 Å². The van der Waals surface area contributed by atoms with Gasteiger partial charge in [-0.3, -0.25) is 4.79 Å². The van der Waals surface area contributed by atoms with Gasteiger partial charge in [0, 0.05) is 0 Å². The second kappa shape index (κ2) is 3.47. The first-order chi connectivity index (χ1) is 8.13. The van der Waals surface area contributed by atoms with E-state index in [4.69, 9.17) is 4.74 Å². The third kappa shape index (κ3) is 1.37. The van der Waals surface area contributed by atoms with E-state index in [9.17, 15) is 15.0 Å². The van der Waals surface area contributed by atoms with Crippen molar-refractivity contribution in [3.05, 3.63) is 29.8 Å². The Bertz CT molecular complexity index is 453. The van der Waals surface area contributed by atoms with Gasteiger partial charge in [-0.25, -0.2) is 0 Å². The number of hydrogen-bond acceptors (Lipinski definition) is 3. The lowest BCUT2D eigenvalue weighted by Gasteiger charge is -2.31. The topological polar surface area (TPSA) is 66.8 Å². The molecule has 2 saturated heterocycles. The highest BCUT2D eigenvalue weighted by atomic mass is 16.5. The Balaban J connectivity index is 2.07. The molecule has 0 amide bonds. The summed E-state index contributed by atoms with van der Waals surface area (Å²) in [5.41, 5.74) is -0.189. The molecule has 2 N–H and O–H groups in total. The van der Waals surface area contributed by atoms with Gasteiger partial charge in [-0.05, 0) is 37.0 Å². The highest BCUT2D eigenvalue weighted by Gasteiger charge is 2.58. The number of fused-ring (bicyclic) bond motifs is 2. The molecule has 3 rings (SSSR count). The van der Waals surface area contributed by atoms with Gasteiger partial charge in [-0.1, -0.05) is 12.1 Å². The number of benzene rings is 1. The fraction of sp³-hybridized carbons (Fsp3) is 0.462. The molecular weight excluding hydrogens is 220 g/mol. The SMILES string of the molecule is O=C(O)C1(c2ccc(O)cc2)CC2CCC1O2. The normalized spacial score (nSPS) is 35.1. The van der Waals surface area contributed by atoms with E-state index in [2.05, 4.69) is 0 Å². The minimum Gasteiger partial charge on any atom is -0.508 e. The molecule has 2 aliphatic heterocycles. The Labute approximate surface area is 98.8 Å². The Morgan fingerprint density at radius 1 is 1.29 bits per heavy atom. The van der Waals surface area contributed by atoms with Crippen molar-refractivity contribution in [2.24, 2.45) is 0 Å². The van der Waals surface area contributed by atoms with Gasteiger partial charge in [0.05, 0.1) is 12.2 Å². The summed E-state index contributed by atoms with van der Waals surface area (Å²) in [5.74, 6) is -0.672. The highest BCUT2D eigenvalue weighted by Crippen LogP contribution is 2.49. The molecule has 0 aromatic heterocycles. The molecule has 3 unspecified atom stereocenters. The van der Waals surface area contributed by atoms with Crippen molar-refractivity contribution in [1.29, 1.82) is 0 Å². The lowest BCUT2D eigenvalue weighted by Crippen LogP contribution is -2.44. The summed E-state index contributed by atoms with van der Waals surface area (Å²) in [6.07, 6.45) is 2.15. The quantitative estimate of drug-likeness (QED) is 0.816. The lowest BCUT2D eigenvalue weighted by molar-refractivity contribution is -0.146. The van der Waals surface area contributed by atoms with Crippen LogP contribution in [-0.4, -0.2) is 28.4 Å². The third-order valence-electron chi connectivity index (χ3n) is 3.97.